The summed E-state index contributed by atoms with van der Waals surface area (Å²) in [5.74, 6) is 1.68. The lowest BCUT2D eigenvalue weighted by molar-refractivity contribution is 0.407. The molecule has 0 unspecified atom stereocenters. The molecule has 4 nitrogen and oxygen atoms in total. The summed E-state index contributed by atoms with van der Waals surface area (Å²) in [5.41, 5.74) is 8.76. The highest BCUT2D eigenvalue weighted by Gasteiger charge is 2.10. The van der Waals surface area contributed by atoms with Crippen LogP contribution in [0.1, 0.15) is 25.3 Å². The molecule has 1 heterocycles. The molecule has 3 N–H and O–H groups in total. The Balaban J connectivity index is 2.57. The molecule has 0 saturated carbocycles. The van der Waals surface area contributed by atoms with Crippen molar-refractivity contribution in [3.8, 4) is 17.0 Å². The highest BCUT2D eigenvalue weighted by Crippen LogP contribution is 2.31. The summed E-state index contributed by atoms with van der Waals surface area (Å²) in [6, 6.07) is 7.80. The summed E-state index contributed by atoms with van der Waals surface area (Å²) in [4.78, 5) is 7.01. The van der Waals surface area contributed by atoms with Gasteiger partial charge in [-0.2, -0.15) is 0 Å². The maximum absolute atomic E-state index is 5.73. The zero-order valence-corrected chi connectivity index (χ0v) is 12.0. The number of ether oxygens (including phenoxy) is 1. The van der Waals surface area contributed by atoms with Gasteiger partial charge >= 0.3 is 0 Å². The van der Waals surface area contributed by atoms with E-state index in [1.807, 2.05) is 12.1 Å². The Kier molecular flexibility index (Phi) is 3.85. The summed E-state index contributed by atoms with van der Waals surface area (Å²) < 4.78 is 5.76. The molecule has 0 saturated heterocycles. The second-order valence-electron chi connectivity index (χ2n) is 4.64. The van der Waals surface area contributed by atoms with Crippen molar-refractivity contribution in [1.29, 1.82) is 0 Å². The van der Waals surface area contributed by atoms with Gasteiger partial charge in [-0.3, -0.25) is 0 Å². The van der Waals surface area contributed by atoms with Crippen molar-refractivity contribution in [2.24, 2.45) is 0 Å². The highest BCUT2D eigenvalue weighted by molar-refractivity contribution is 7.71. The van der Waals surface area contributed by atoms with Gasteiger partial charge in [-0.25, -0.2) is 4.98 Å². The molecule has 19 heavy (non-hydrogen) atoms. The van der Waals surface area contributed by atoms with Gasteiger partial charge in [-0.1, -0.05) is 13.8 Å². The molecule has 1 aromatic carbocycles. The Labute approximate surface area is 117 Å². The van der Waals surface area contributed by atoms with Crippen LogP contribution in [0.15, 0.2) is 24.3 Å². The standard InChI is InChI=1S/C14H17N3OS/c1-8(2)10-6-9(4-5-12(10)18-3)11-7-13(15)17-14(19)16-11/h4-8H,1-3H3,(H3,15,16,17,19). The molecule has 0 aliphatic heterocycles. The van der Waals surface area contributed by atoms with Gasteiger partial charge in [0.05, 0.1) is 12.8 Å². The number of nitrogen functional groups attached to an aromatic ring is 1. The van der Waals surface area contributed by atoms with E-state index in [0.717, 1.165) is 22.6 Å². The average molecular weight is 275 g/mol. The number of nitrogens with two attached hydrogens (primary N) is 1. The van der Waals surface area contributed by atoms with Crippen LogP contribution >= 0.6 is 12.2 Å². The molecule has 2 rings (SSSR count). The lowest BCUT2D eigenvalue weighted by Gasteiger charge is -2.13. The molecule has 0 aliphatic rings. The van der Waals surface area contributed by atoms with Crippen LogP contribution in [-0.2, 0) is 0 Å². The first-order chi connectivity index (χ1) is 9.01. The van der Waals surface area contributed by atoms with E-state index in [9.17, 15) is 0 Å². The van der Waals surface area contributed by atoms with E-state index in [2.05, 4.69) is 29.9 Å². The van der Waals surface area contributed by atoms with Gasteiger partial charge < -0.3 is 15.5 Å². The van der Waals surface area contributed by atoms with Crippen LogP contribution in [0.2, 0.25) is 0 Å². The third kappa shape index (κ3) is 2.93. The van der Waals surface area contributed by atoms with Crippen LogP contribution in [0.3, 0.4) is 0 Å². The van der Waals surface area contributed by atoms with E-state index in [1.54, 1.807) is 13.2 Å². The first kappa shape index (κ1) is 13.5. The minimum Gasteiger partial charge on any atom is -0.496 e. The molecule has 0 bridgehead atoms. The van der Waals surface area contributed by atoms with Gasteiger partial charge in [-0.05, 0) is 47.5 Å². The zero-order valence-electron chi connectivity index (χ0n) is 11.2. The third-order valence-electron chi connectivity index (χ3n) is 2.93. The van der Waals surface area contributed by atoms with Crippen molar-refractivity contribution in [2.75, 3.05) is 12.8 Å². The molecule has 5 heteroatoms. The molecular formula is C14H17N3OS. The summed E-state index contributed by atoms with van der Waals surface area (Å²) in [6.45, 7) is 4.26. The number of aromatic nitrogens is 2. The second-order valence-corrected chi connectivity index (χ2v) is 5.02. The van der Waals surface area contributed by atoms with E-state index >= 15 is 0 Å². The molecule has 0 amide bonds. The van der Waals surface area contributed by atoms with Crippen LogP contribution < -0.4 is 10.5 Å². The van der Waals surface area contributed by atoms with E-state index in [1.165, 1.54) is 0 Å². The summed E-state index contributed by atoms with van der Waals surface area (Å²) in [5, 5.41) is 0. The summed E-state index contributed by atoms with van der Waals surface area (Å²) in [6.07, 6.45) is 0. The van der Waals surface area contributed by atoms with Crippen LogP contribution in [0.4, 0.5) is 5.82 Å². The summed E-state index contributed by atoms with van der Waals surface area (Å²) >= 11 is 5.05. The molecule has 1 aromatic heterocycles. The third-order valence-corrected chi connectivity index (χ3v) is 3.12. The minimum absolute atomic E-state index is 0.372. The smallest absolute Gasteiger partial charge is 0.199 e. The Morgan fingerprint density at radius 3 is 2.63 bits per heavy atom. The van der Waals surface area contributed by atoms with Gasteiger partial charge in [-0.15, -0.1) is 0 Å². The predicted octanol–water partition coefficient (Wildman–Crippen LogP) is 3.52. The van der Waals surface area contributed by atoms with Crippen molar-refractivity contribution >= 4 is 18.0 Å². The first-order valence-corrected chi connectivity index (χ1v) is 6.47. The highest BCUT2D eigenvalue weighted by atomic mass is 32.1. The number of rotatable bonds is 3. The SMILES string of the molecule is COc1ccc(-c2cc(N)nc(=S)[nH]2)cc1C(C)C. The second kappa shape index (κ2) is 5.40. The number of hydrogen-bond donors (Lipinski definition) is 2. The largest absolute Gasteiger partial charge is 0.496 e. The van der Waals surface area contributed by atoms with Crippen molar-refractivity contribution in [1.82, 2.24) is 9.97 Å². The van der Waals surface area contributed by atoms with Crippen LogP contribution in [0.25, 0.3) is 11.3 Å². The number of anilines is 1. The Bertz CT molecular complexity index is 649. The lowest BCUT2D eigenvalue weighted by Crippen LogP contribution is -1.97. The fourth-order valence-electron chi connectivity index (χ4n) is 1.99. The molecule has 0 aliphatic carbocycles. The van der Waals surface area contributed by atoms with Gasteiger partial charge in [0, 0.05) is 6.07 Å². The fraction of sp³-hybridized carbons (Fsp3) is 0.286. The molecule has 2 aromatic rings. The molecule has 0 fully saturated rings. The van der Waals surface area contributed by atoms with E-state index in [-0.39, 0.29) is 0 Å². The number of hydrogen-bond acceptors (Lipinski definition) is 4. The normalized spacial score (nSPS) is 10.7. The topological polar surface area (TPSA) is 63.9 Å². The number of nitrogens with one attached hydrogen (secondary N) is 1. The van der Waals surface area contributed by atoms with Gasteiger partial charge in [0.1, 0.15) is 11.6 Å². The number of H-pyrrole nitrogens is 1. The van der Waals surface area contributed by atoms with Crippen LogP contribution in [0, 0.1) is 4.77 Å². The van der Waals surface area contributed by atoms with Crippen molar-refractivity contribution < 1.29 is 4.74 Å². The van der Waals surface area contributed by atoms with Gasteiger partial charge in [0.15, 0.2) is 4.77 Å². The average Bonchev–Trinajstić information content (AvgIpc) is 2.36. The van der Waals surface area contributed by atoms with E-state index in [4.69, 9.17) is 22.7 Å². The maximum atomic E-state index is 5.73. The summed E-state index contributed by atoms with van der Waals surface area (Å²) in [7, 11) is 1.68. The van der Waals surface area contributed by atoms with Crippen LogP contribution in [0.5, 0.6) is 5.75 Å². The van der Waals surface area contributed by atoms with Gasteiger partial charge in [0.25, 0.3) is 0 Å². The molecule has 100 valence electrons. The molecule has 0 spiro atoms. The number of methoxy groups -OCH3 is 1. The lowest BCUT2D eigenvalue weighted by atomic mass is 9.98. The Morgan fingerprint density at radius 2 is 2.05 bits per heavy atom. The Hall–Kier alpha value is -1.88. The van der Waals surface area contributed by atoms with Crippen molar-refractivity contribution in [3.05, 3.63) is 34.6 Å². The first-order valence-electron chi connectivity index (χ1n) is 6.06. The number of benzene rings is 1. The number of aromatic amines is 1. The van der Waals surface area contributed by atoms with Crippen molar-refractivity contribution in [3.63, 3.8) is 0 Å². The molecule has 0 radical (unpaired) electrons. The maximum Gasteiger partial charge on any atom is 0.199 e. The Morgan fingerprint density at radius 1 is 1.32 bits per heavy atom. The molecule has 0 atom stereocenters. The quantitative estimate of drug-likeness (QED) is 0.841. The number of nitrogens with zero attached hydrogens (tertiary/aromatic N) is 1. The minimum atomic E-state index is 0.372. The monoisotopic (exact) mass is 275 g/mol. The fourth-order valence-corrected chi connectivity index (χ4v) is 2.20. The van der Waals surface area contributed by atoms with Gasteiger partial charge in [0.2, 0.25) is 0 Å². The van der Waals surface area contributed by atoms with Crippen molar-refractivity contribution in [2.45, 2.75) is 19.8 Å². The predicted molar refractivity (Wildman–Crippen MR) is 79.9 cm³/mol. The zero-order chi connectivity index (χ0) is 14.0. The van der Waals surface area contributed by atoms with E-state index < -0.39 is 0 Å². The van der Waals surface area contributed by atoms with E-state index in [0.29, 0.717) is 16.5 Å². The molecular weight excluding hydrogens is 258 g/mol. The van der Waals surface area contributed by atoms with Crippen LogP contribution in [-0.4, -0.2) is 17.1 Å².